The van der Waals surface area contributed by atoms with Gasteiger partial charge in [0.05, 0.1) is 16.1 Å². The van der Waals surface area contributed by atoms with E-state index >= 15 is 0 Å². The summed E-state index contributed by atoms with van der Waals surface area (Å²) >= 11 is 17.7. The van der Waals surface area contributed by atoms with Crippen molar-refractivity contribution < 1.29 is 4.74 Å². The first kappa shape index (κ1) is 13.2. The van der Waals surface area contributed by atoms with Crippen LogP contribution in [0, 0.1) is 0 Å². The SMILES string of the molecule is CC1CC(Nc2nc(Cl)c(Cl)cc2Cl)CCO1. The molecule has 2 atom stereocenters. The van der Waals surface area contributed by atoms with Crippen LogP contribution in [0.1, 0.15) is 19.8 Å². The van der Waals surface area contributed by atoms with Crippen molar-refractivity contribution in [1.82, 2.24) is 4.98 Å². The van der Waals surface area contributed by atoms with Crippen molar-refractivity contribution in [2.75, 3.05) is 11.9 Å². The van der Waals surface area contributed by atoms with Crippen LogP contribution in [0.3, 0.4) is 0 Å². The van der Waals surface area contributed by atoms with Crippen molar-refractivity contribution in [3.8, 4) is 0 Å². The number of hydrogen-bond donors (Lipinski definition) is 1. The fourth-order valence-corrected chi connectivity index (χ4v) is 2.42. The molecule has 0 saturated carbocycles. The van der Waals surface area contributed by atoms with E-state index in [1.54, 1.807) is 6.07 Å². The van der Waals surface area contributed by atoms with Crippen LogP contribution in [0.15, 0.2) is 6.07 Å². The van der Waals surface area contributed by atoms with E-state index in [0.29, 0.717) is 21.9 Å². The predicted molar refractivity (Wildman–Crippen MR) is 71.3 cm³/mol. The number of halogens is 3. The molecule has 17 heavy (non-hydrogen) atoms. The Kier molecular flexibility index (Phi) is 4.36. The minimum Gasteiger partial charge on any atom is -0.378 e. The fraction of sp³-hybridized carbons (Fsp3) is 0.545. The van der Waals surface area contributed by atoms with Crippen molar-refractivity contribution in [2.45, 2.75) is 31.9 Å². The van der Waals surface area contributed by atoms with Crippen molar-refractivity contribution in [3.05, 3.63) is 21.3 Å². The molecule has 0 radical (unpaired) electrons. The maximum Gasteiger partial charge on any atom is 0.150 e. The Hall–Kier alpha value is -0.220. The maximum absolute atomic E-state index is 6.06. The first-order valence-electron chi connectivity index (χ1n) is 5.46. The van der Waals surface area contributed by atoms with Crippen LogP contribution in [0.2, 0.25) is 15.2 Å². The normalized spacial score (nSPS) is 24.7. The zero-order valence-electron chi connectivity index (χ0n) is 9.34. The van der Waals surface area contributed by atoms with E-state index in [9.17, 15) is 0 Å². The molecule has 1 aromatic rings. The monoisotopic (exact) mass is 294 g/mol. The molecule has 94 valence electrons. The number of anilines is 1. The van der Waals surface area contributed by atoms with Gasteiger partial charge in [0.25, 0.3) is 0 Å². The summed E-state index contributed by atoms with van der Waals surface area (Å²) in [7, 11) is 0. The largest absolute Gasteiger partial charge is 0.378 e. The summed E-state index contributed by atoms with van der Waals surface area (Å²) in [5, 5.41) is 4.39. The molecule has 2 rings (SSSR count). The van der Waals surface area contributed by atoms with Gasteiger partial charge in [-0.05, 0) is 25.8 Å². The maximum atomic E-state index is 6.06. The highest BCUT2D eigenvalue weighted by Gasteiger charge is 2.20. The summed E-state index contributed by atoms with van der Waals surface area (Å²) in [5.74, 6) is 0.583. The molecule has 1 fully saturated rings. The van der Waals surface area contributed by atoms with Gasteiger partial charge in [-0.1, -0.05) is 34.8 Å². The van der Waals surface area contributed by atoms with E-state index in [0.717, 1.165) is 19.4 Å². The van der Waals surface area contributed by atoms with Crippen LogP contribution in [0.25, 0.3) is 0 Å². The first-order chi connectivity index (χ1) is 8.06. The van der Waals surface area contributed by atoms with Gasteiger partial charge in [-0.25, -0.2) is 4.98 Å². The highest BCUT2D eigenvalue weighted by Crippen LogP contribution is 2.30. The molecule has 0 bridgehead atoms. The lowest BCUT2D eigenvalue weighted by molar-refractivity contribution is 0.0232. The molecule has 0 aliphatic carbocycles. The number of nitrogens with one attached hydrogen (secondary N) is 1. The average Bonchev–Trinajstić information content (AvgIpc) is 2.26. The number of pyridine rings is 1. The van der Waals surface area contributed by atoms with E-state index in [-0.39, 0.29) is 11.3 Å². The molecule has 0 spiro atoms. The topological polar surface area (TPSA) is 34.2 Å². The van der Waals surface area contributed by atoms with Gasteiger partial charge >= 0.3 is 0 Å². The minimum absolute atomic E-state index is 0.253. The van der Waals surface area contributed by atoms with Crippen molar-refractivity contribution in [2.24, 2.45) is 0 Å². The highest BCUT2D eigenvalue weighted by atomic mass is 35.5. The van der Waals surface area contributed by atoms with Crippen LogP contribution in [-0.4, -0.2) is 23.7 Å². The molecule has 2 unspecified atom stereocenters. The van der Waals surface area contributed by atoms with Gasteiger partial charge in [-0.3, -0.25) is 0 Å². The Labute approximate surface area is 115 Å². The third-order valence-corrected chi connectivity index (χ3v) is 3.67. The molecule has 0 aromatic carbocycles. The lowest BCUT2D eigenvalue weighted by Crippen LogP contribution is -2.32. The molecule has 2 heterocycles. The standard InChI is InChI=1S/C11H13Cl3N2O/c1-6-4-7(2-3-17-6)15-11-9(13)5-8(12)10(14)16-11/h5-7H,2-4H2,1H3,(H,15,16). The molecule has 3 nitrogen and oxygen atoms in total. The summed E-state index contributed by atoms with van der Waals surface area (Å²) in [4.78, 5) is 4.14. The molecule has 1 saturated heterocycles. The number of hydrogen-bond acceptors (Lipinski definition) is 3. The van der Waals surface area contributed by atoms with Gasteiger partial charge in [0.15, 0.2) is 0 Å². The van der Waals surface area contributed by atoms with Crippen LogP contribution in [0.5, 0.6) is 0 Å². The molecular formula is C11H13Cl3N2O. The molecule has 1 aromatic heterocycles. The van der Waals surface area contributed by atoms with Crippen LogP contribution in [0.4, 0.5) is 5.82 Å². The van der Waals surface area contributed by atoms with Gasteiger partial charge in [0.1, 0.15) is 11.0 Å². The Bertz CT molecular complexity index is 414. The molecular weight excluding hydrogens is 282 g/mol. The second kappa shape index (κ2) is 5.61. The smallest absolute Gasteiger partial charge is 0.150 e. The first-order valence-corrected chi connectivity index (χ1v) is 6.59. The predicted octanol–water partition coefficient (Wildman–Crippen LogP) is 4.02. The summed E-state index contributed by atoms with van der Waals surface area (Å²) < 4.78 is 5.48. The molecule has 1 aliphatic rings. The van der Waals surface area contributed by atoms with Gasteiger partial charge in [-0.2, -0.15) is 0 Å². The number of ether oxygens (including phenoxy) is 1. The Balaban J connectivity index is 2.10. The molecule has 6 heteroatoms. The van der Waals surface area contributed by atoms with Crippen LogP contribution < -0.4 is 5.32 Å². The van der Waals surface area contributed by atoms with Gasteiger partial charge in [0, 0.05) is 12.6 Å². The summed E-state index contributed by atoms with van der Waals surface area (Å²) in [6, 6.07) is 1.91. The zero-order chi connectivity index (χ0) is 12.4. The summed E-state index contributed by atoms with van der Waals surface area (Å²) in [6.45, 7) is 2.80. The minimum atomic E-state index is 0.253. The fourth-order valence-electron chi connectivity index (χ4n) is 1.87. The van der Waals surface area contributed by atoms with Crippen LogP contribution in [-0.2, 0) is 4.74 Å². The molecule has 1 aliphatic heterocycles. The van der Waals surface area contributed by atoms with E-state index in [1.807, 2.05) is 0 Å². The Morgan fingerprint density at radius 1 is 1.35 bits per heavy atom. The van der Waals surface area contributed by atoms with Crippen molar-refractivity contribution in [3.63, 3.8) is 0 Å². The second-order valence-electron chi connectivity index (χ2n) is 4.14. The zero-order valence-corrected chi connectivity index (χ0v) is 11.6. The van der Waals surface area contributed by atoms with E-state index in [2.05, 4.69) is 17.2 Å². The second-order valence-corrected chi connectivity index (χ2v) is 5.31. The number of rotatable bonds is 2. The van der Waals surface area contributed by atoms with E-state index < -0.39 is 0 Å². The Morgan fingerprint density at radius 3 is 2.82 bits per heavy atom. The third-order valence-electron chi connectivity index (χ3n) is 2.71. The lowest BCUT2D eigenvalue weighted by Gasteiger charge is -2.28. The van der Waals surface area contributed by atoms with E-state index in [4.69, 9.17) is 39.5 Å². The molecule has 1 N–H and O–H groups in total. The lowest BCUT2D eigenvalue weighted by atomic mass is 10.0. The van der Waals surface area contributed by atoms with Gasteiger partial charge in [0.2, 0.25) is 0 Å². The average molecular weight is 296 g/mol. The van der Waals surface area contributed by atoms with E-state index in [1.165, 1.54) is 0 Å². The Morgan fingerprint density at radius 2 is 2.12 bits per heavy atom. The van der Waals surface area contributed by atoms with Crippen molar-refractivity contribution >= 4 is 40.6 Å². The van der Waals surface area contributed by atoms with Crippen molar-refractivity contribution in [1.29, 1.82) is 0 Å². The van der Waals surface area contributed by atoms with Gasteiger partial charge in [-0.15, -0.1) is 0 Å². The highest BCUT2D eigenvalue weighted by molar-refractivity contribution is 6.42. The number of aromatic nitrogens is 1. The quantitative estimate of drug-likeness (QED) is 0.837. The number of nitrogens with zero attached hydrogens (tertiary/aromatic N) is 1. The summed E-state index contributed by atoms with van der Waals surface area (Å²) in [5.41, 5.74) is 0. The van der Waals surface area contributed by atoms with Crippen LogP contribution >= 0.6 is 34.8 Å². The third kappa shape index (κ3) is 3.38. The summed E-state index contributed by atoms with van der Waals surface area (Å²) in [6.07, 6.45) is 2.11. The molecule has 0 amide bonds. The van der Waals surface area contributed by atoms with Gasteiger partial charge < -0.3 is 10.1 Å².